The van der Waals surface area contributed by atoms with Gasteiger partial charge in [0.1, 0.15) is 0 Å². The van der Waals surface area contributed by atoms with Crippen molar-refractivity contribution in [2.45, 2.75) is 39.5 Å². The standard InChI is InChI=1S/C14H24N2O3/c1-14(2)5-7-16(10-14)13(19)15-6-3-4-11(9-15)8-12(17)18/h11H,3-10H2,1-2H3,(H,17,18). The SMILES string of the molecule is CC1(C)CCN(C(=O)N2CCCC(CC(=O)O)C2)C1. The fraction of sp³-hybridized carbons (Fsp3) is 0.857. The summed E-state index contributed by atoms with van der Waals surface area (Å²) in [5, 5.41) is 8.86. The Morgan fingerprint density at radius 1 is 1.26 bits per heavy atom. The van der Waals surface area contributed by atoms with Gasteiger partial charge in [0, 0.05) is 32.6 Å². The van der Waals surface area contributed by atoms with Crippen molar-refractivity contribution in [2.75, 3.05) is 26.2 Å². The average Bonchev–Trinajstić information content (AvgIpc) is 2.68. The molecular formula is C14H24N2O3. The maximum atomic E-state index is 12.4. The molecule has 0 aliphatic carbocycles. The monoisotopic (exact) mass is 268 g/mol. The van der Waals surface area contributed by atoms with Crippen LogP contribution in [-0.4, -0.2) is 53.1 Å². The number of carbonyl (C=O) groups is 2. The molecule has 2 aliphatic rings. The molecule has 2 heterocycles. The van der Waals surface area contributed by atoms with Crippen molar-refractivity contribution in [3.05, 3.63) is 0 Å². The summed E-state index contributed by atoms with van der Waals surface area (Å²) in [5.74, 6) is -0.646. The number of nitrogens with zero attached hydrogens (tertiary/aromatic N) is 2. The Morgan fingerprint density at radius 3 is 2.58 bits per heavy atom. The van der Waals surface area contributed by atoms with Crippen LogP contribution in [0.3, 0.4) is 0 Å². The van der Waals surface area contributed by atoms with E-state index in [2.05, 4.69) is 13.8 Å². The van der Waals surface area contributed by atoms with Crippen molar-refractivity contribution >= 4 is 12.0 Å². The molecule has 2 saturated heterocycles. The Labute approximate surface area is 114 Å². The first-order valence-corrected chi connectivity index (χ1v) is 7.13. The van der Waals surface area contributed by atoms with E-state index in [0.29, 0.717) is 6.54 Å². The highest BCUT2D eigenvalue weighted by molar-refractivity contribution is 5.75. The highest BCUT2D eigenvalue weighted by Crippen LogP contribution is 2.30. The molecule has 0 radical (unpaired) electrons. The molecule has 0 aromatic heterocycles. The van der Waals surface area contributed by atoms with Gasteiger partial charge in [-0.25, -0.2) is 4.79 Å². The van der Waals surface area contributed by atoms with E-state index in [4.69, 9.17) is 5.11 Å². The van der Waals surface area contributed by atoms with Crippen LogP contribution in [0.15, 0.2) is 0 Å². The summed E-state index contributed by atoms with van der Waals surface area (Å²) in [6.45, 7) is 7.37. The van der Waals surface area contributed by atoms with Crippen LogP contribution in [0.2, 0.25) is 0 Å². The van der Waals surface area contributed by atoms with Crippen molar-refractivity contribution < 1.29 is 14.7 Å². The number of urea groups is 1. The number of hydrogen-bond acceptors (Lipinski definition) is 2. The Balaban J connectivity index is 1.90. The van der Waals surface area contributed by atoms with Gasteiger partial charge in [-0.2, -0.15) is 0 Å². The Bertz CT molecular complexity index is 368. The molecule has 0 saturated carbocycles. The predicted molar refractivity (Wildman–Crippen MR) is 71.9 cm³/mol. The van der Waals surface area contributed by atoms with E-state index in [1.54, 1.807) is 0 Å². The third-order valence-electron chi connectivity index (χ3n) is 4.20. The van der Waals surface area contributed by atoms with E-state index in [-0.39, 0.29) is 23.8 Å². The predicted octanol–water partition coefficient (Wildman–Crippen LogP) is 2.03. The molecule has 2 rings (SSSR count). The molecule has 1 unspecified atom stereocenters. The van der Waals surface area contributed by atoms with E-state index in [0.717, 1.165) is 38.9 Å². The summed E-state index contributed by atoms with van der Waals surface area (Å²) in [7, 11) is 0. The van der Waals surface area contributed by atoms with Gasteiger partial charge in [0.05, 0.1) is 0 Å². The molecular weight excluding hydrogens is 244 g/mol. The third-order valence-corrected chi connectivity index (χ3v) is 4.20. The van der Waals surface area contributed by atoms with Crippen LogP contribution in [0, 0.1) is 11.3 Å². The topological polar surface area (TPSA) is 60.9 Å². The van der Waals surface area contributed by atoms with Crippen LogP contribution in [0.25, 0.3) is 0 Å². The van der Waals surface area contributed by atoms with Crippen molar-refractivity contribution in [3.63, 3.8) is 0 Å². The fourth-order valence-electron chi connectivity index (χ4n) is 3.13. The number of carboxylic acid groups (broad SMARTS) is 1. The first kappa shape index (κ1) is 14.2. The van der Waals surface area contributed by atoms with Crippen LogP contribution in [0.4, 0.5) is 4.79 Å². The van der Waals surface area contributed by atoms with Gasteiger partial charge in [-0.05, 0) is 30.6 Å². The normalized spacial score (nSPS) is 26.5. The average molecular weight is 268 g/mol. The van der Waals surface area contributed by atoms with Gasteiger partial charge in [-0.3, -0.25) is 4.79 Å². The molecule has 0 aromatic carbocycles. The number of hydrogen-bond donors (Lipinski definition) is 1. The first-order chi connectivity index (χ1) is 8.87. The lowest BCUT2D eigenvalue weighted by molar-refractivity contribution is -0.138. The molecule has 0 bridgehead atoms. The molecule has 5 heteroatoms. The Morgan fingerprint density at radius 2 is 2.00 bits per heavy atom. The highest BCUT2D eigenvalue weighted by Gasteiger charge is 2.35. The molecule has 108 valence electrons. The maximum absolute atomic E-state index is 12.4. The third kappa shape index (κ3) is 3.61. The second-order valence-corrected chi connectivity index (χ2v) is 6.67. The molecule has 0 aromatic rings. The second kappa shape index (κ2) is 5.39. The number of carbonyl (C=O) groups excluding carboxylic acids is 1. The van der Waals surface area contributed by atoms with Gasteiger partial charge in [0.2, 0.25) is 0 Å². The number of carboxylic acids is 1. The van der Waals surface area contributed by atoms with E-state index in [1.165, 1.54) is 0 Å². The summed E-state index contributed by atoms with van der Waals surface area (Å²) >= 11 is 0. The maximum Gasteiger partial charge on any atom is 0.320 e. The fourth-order valence-corrected chi connectivity index (χ4v) is 3.13. The minimum Gasteiger partial charge on any atom is -0.481 e. The van der Waals surface area contributed by atoms with Gasteiger partial charge in [0.25, 0.3) is 0 Å². The van der Waals surface area contributed by atoms with Gasteiger partial charge in [-0.15, -0.1) is 0 Å². The van der Waals surface area contributed by atoms with Crippen molar-refractivity contribution in [2.24, 2.45) is 11.3 Å². The van der Waals surface area contributed by atoms with Crippen LogP contribution in [0.5, 0.6) is 0 Å². The number of likely N-dealkylation sites (tertiary alicyclic amines) is 2. The lowest BCUT2D eigenvalue weighted by atomic mass is 9.93. The van der Waals surface area contributed by atoms with Crippen LogP contribution in [-0.2, 0) is 4.79 Å². The molecule has 1 atom stereocenters. The first-order valence-electron chi connectivity index (χ1n) is 7.13. The van der Waals surface area contributed by atoms with E-state index >= 15 is 0 Å². The zero-order valence-electron chi connectivity index (χ0n) is 11.9. The van der Waals surface area contributed by atoms with Gasteiger partial charge >= 0.3 is 12.0 Å². The zero-order chi connectivity index (χ0) is 14.0. The smallest absolute Gasteiger partial charge is 0.320 e. The van der Waals surface area contributed by atoms with Gasteiger partial charge in [-0.1, -0.05) is 13.8 Å². The zero-order valence-corrected chi connectivity index (χ0v) is 11.9. The molecule has 2 amide bonds. The van der Waals surface area contributed by atoms with Gasteiger partial charge in [0.15, 0.2) is 0 Å². The summed E-state index contributed by atoms with van der Waals surface area (Å²) in [6, 6.07) is 0.0978. The molecule has 0 spiro atoms. The van der Waals surface area contributed by atoms with Crippen molar-refractivity contribution in [3.8, 4) is 0 Å². The largest absolute Gasteiger partial charge is 0.481 e. The summed E-state index contributed by atoms with van der Waals surface area (Å²) in [6.07, 6.45) is 3.06. The lowest BCUT2D eigenvalue weighted by Gasteiger charge is -2.35. The molecule has 5 nitrogen and oxygen atoms in total. The Hall–Kier alpha value is -1.26. The van der Waals surface area contributed by atoms with Crippen LogP contribution in [0.1, 0.15) is 39.5 Å². The van der Waals surface area contributed by atoms with E-state index < -0.39 is 5.97 Å². The summed E-state index contributed by atoms with van der Waals surface area (Å²) < 4.78 is 0. The molecule has 1 N–H and O–H groups in total. The summed E-state index contributed by atoms with van der Waals surface area (Å²) in [4.78, 5) is 27.0. The Kier molecular flexibility index (Phi) is 4.02. The van der Waals surface area contributed by atoms with Crippen LogP contribution >= 0.6 is 0 Å². The lowest BCUT2D eigenvalue weighted by Crippen LogP contribution is -2.47. The minimum atomic E-state index is -0.762. The number of aliphatic carboxylic acids is 1. The van der Waals surface area contributed by atoms with Crippen LogP contribution < -0.4 is 0 Å². The second-order valence-electron chi connectivity index (χ2n) is 6.67. The van der Waals surface area contributed by atoms with Gasteiger partial charge < -0.3 is 14.9 Å². The summed E-state index contributed by atoms with van der Waals surface area (Å²) in [5.41, 5.74) is 0.214. The molecule has 2 fully saturated rings. The number of piperidine rings is 1. The van der Waals surface area contributed by atoms with Crippen molar-refractivity contribution in [1.29, 1.82) is 0 Å². The van der Waals surface area contributed by atoms with Crippen molar-refractivity contribution in [1.82, 2.24) is 9.80 Å². The highest BCUT2D eigenvalue weighted by atomic mass is 16.4. The minimum absolute atomic E-state index is 0.0978. The number of amides is 2. The van der Waals surface area contributed by atoms with E-state index in [1.807, 2.05) is 9.80 Å². The van der Waals surface area contributed by atoms with E-state index in [9.17, 15) is 9.59 Å². The number of rotatable bonds is 2. The molecule has 19 heavy (non-hydrogen) atoms. The quantitative estimate of drug-likeness (QED) is 0.833. The molecule has 2 aliphatic heterocycles.